The van der Waals surface area contributed by atoms with Gasteiger partial charge in [0.1, 0.15) is 0 Å². The number of anilines is 1. The molecular formula is C12H18N4O2. The Morgan fingerprint density at radius 1 is 1.67 bits per heavy atom. The molecule has 0 amide bonds. The quantitative estimate of drug-likeness (QED) is 0.648. The van der Waals surface area contributed by atoms with Crippen molar-refractivity contribution in [3.05, 3.63) is 27.9 Å². The van der Waals surface area contributed by atoms with Crippen LogP contribution in [0.4, 0.5) is 11.5 Å². The van der Waals surface area contributed by atoms with E-state index < -0.39 is 0 Å². The van der Waals surface area contributed by atoms with E-state index in [2.05, 4.69) is 4.98 Å². The minimum Gasteiger partial charge on any atom is -0.351 e. The fourth-order valence-electron chi connectivity index (χ4n) is 2.37. The Morgan fingerprint density at radius 2 is 2.44 bits per heavy atom. The van der Waals surface area contributed by atoms with E-state index >= 15 is 0 Å². The van der Waals surface area contributed by atoms with Crippen molar-refractivity contribution in [1.29, 1.82) is 0 Å². The zero-order valence-corrected chi connectivity index (χ0v) is 10.5. The lowest BCUT2D eigenvalue weighted by atomic mass is 9.98. The Morgan fingerprint density at radius 3 is 3.11 bits per heavy atom. The van der Waals surface area contributed by atoms with Crippen LogP contribution >= 0.6 is 0 Å². The molecule has 6 nitrogen and oxygen atoms in total. The largest absolute Gasteiger partial charge is 0.351 e. The van der Waals surface area contributed by atoms with Gasteiger partial charge in [0.15, 0.2) is 0 Å². The van der Waals surface area contributed by atoms with Crippen LogP contribution in [-0.2, 0) is 0 Å². The SMILES string of the molecule is Cc1cnc(N2CCCC(CN)C2)c([N+](=O)[O-])c1. The summed E-state index contributed by atoms with van der Waals surface area (Å²) in [5, 5.41) is 11.1. The van der Waals surface area contributed by atoms with Crippen molar-refractivity contribution in [3.8, 4) is 0 Å². The molecule has 1 aromatic rings. The van der Waals surface area contributed by atoms with Gasteiger partial charge >= 0.3 is 5.69 Å². The van der Waals surface area contributed by atoms with Crippen LogP contribution in [0.25, 0.3) is 0 Å². The Kier molecular flexibility index (Phi) is 3.76. The van der Waals surface area contributed by atoms with E-state index in [9.17, 15) is 10.1 Å². The number of aromatic nitrogens is 1. The zero-order chi connectivity index (χ0) is 13.1. The summed E-state index contributed by atoms with van der Waals surface area (Å²) in [7, 11) is 0. The molecule has 0 bridgehead atoms. The van der Waals surface area contributed by atoms with Crippen molar-refractivity contribution in [2.24, 2.45) is 11.7 Å². The first kappa shape index (κ1) is 12.8. The zero-order valence-electron chi connectivity index (χ0n) is 10.5. The molecule has 0 radical (unpaired) electrons. The summed E-state index contributed by atoms with van der Waals surface area (Å²) in [4.78, 5) is 16.9. The van der Waals surface area contributed by atoms with Gasteiger partial charge in [-0.3, -0.25) is 10.1 Å². The maximum Gasteiger partial charge on any atom is 0.311 e. The molecule has 1 fully saturated rings. The lowest BCUT2D eigenvalue weighted by Crippen LogP contribution is -2.39. The molecule has 18 heavy (non-hydrogen) atoms. The molecule has 0 saturated carbocycles. The predicted molar refractivity (Wildman–Crippen MR) is 69.6 cm³/mol. The third kappa shape index (κ3) is 2.59. The van der Waals surface area contributed by atoms with Gasteiger partial charge in [-0.1, -0.05) is 0 Å². The number of nitrogens with two attached hydrogens (primary N) is 1. The molecule has 1 saturated heterocycles. The molecule has 2 N–H and O–H groups in total. The summed E-state index contributed by atoms with van der Waals surface area (Å²) in [6, 6.07) is 1.58. The molecule has 1 unspecified atom stereocenters. The van der Waals surface area contributed by atoms with Crippen LogP contribution in [0.3, 0.4) is 0 Å². The molecule has 1 aromatic heterocycles. The highest BCUT2D eigenvalue weighted by molar-refractivity contribution is 5.58. The number of nitrogens with zero attached hydrogens (tertiary/aromatic N) is 3. The molecule has 98 valence electrons. The third-order valence-corrected chi connectivity index (χ3v) is 3.33. The van der Waals surface area contributed by atoms with Crippen molar-refractivity contribution in [3.63, 3.8) is 0 Å². The van der Waals surface area contributed by atoms with Gasteiger partial charge in [-0.2, -0.15) is 0 Å². The van der Waals surface area contributed by atoms with Crippen LogP contribution in [0.1, 0.15) is 18.4 Å². The van der Waals surface area contributed by atoms with Gasteiger partial charge in [0.05, 0.1) is 4.92 Å². The van der Waals surface area contributed by atoms with Gasteiger partial charge in [-0.25, -0.2) is 4.98 Å². The fourth-order valence-corrected chi connectivity index (χ4v) is 2.37. The number of hydrogen-bond donors (Lipinski definition) is 1. The number of hydrogen-bond acceptors (Lipinski definition) is 5. The number of nitro groups is 1. The maximum atomic E-state index is 11.1. The first-order valence-corrected chi connectivity index (χ1v) is 6.18. The van der Waals surface area contributed by atoms with Crippen LogP contribution in [-0.4, -0.2) is 29.5 Å². The summed E-state index contributed by atoms with van der Waals surface area (Å²) in [6.07, 6.45) is 3.77. The Labute approximate surface area is 106 Å². The predicted octanol–water partition coefficient (Wildman–Crippen LogP) is 1.47. The number of rotatable bonds is 3. The van der Waals surface area contributed by atoms with Gasteiger partial charge < -0.3 is 10.6 Å². The van der Waals surface area contributed by atoms with Crippen LogP contribution in [0.5, 0.6) is 0 Å². The van der Waals surface area contributed by atoms with E-state index in [-0.39, 0.29) is 10.6 Å². The van der Waals surface area contributed by atoms with Crippen LogP contribution in [0.2, 0.25) is 0 Å². The van der Waals surface area contributed by atoms with Crippen molar-refractivity contribution in [2.45, 2.75) is 19.8 Å². The second-order valence-electron chi connectivity index (χ2n) is 4.80. The first-order chi connectivity index (χ1) is 8.61. The van der Waals surface area contributed by atoms with Gasteiger partial charge in [-0.05, 0) is 37.8 Å². The van der Waals surface area contributed by atoms with E-state index in [0.29, 0.717) is 18.3 Å². The van der Waals surface area contributed by atoms with Crippen LogP contribution in [0.15, 0.2) is 12.3 Å². The molecule has 0 aliphatic carbocycles. The van der Waals surface area contributed by atoms with Gasteiger partial charge in [0, 0.05) is 25.4 Å². The number of aryl methyl sites for hydroxylation is 1. The smallest absolute Gasteiger partial charge is 0.311 e. The lowest BCUT2D eigenvalue weighted by molar-refractivity contribution is -0.384. The lowest BCUT2D eigenvalue weighted by Gasteiger charge is -2.32. The standard InChI is InChI=1S/C12H18N4O2/c1-9-5-11(16(17)18)12(14-7-9)15-4-2-3-10(6-13)8-15/h5,7,10H,2-4,6,8,13H2,1H3. The van der Waals surface area contributed by atoms with Gasteiger partial charge in [0.25, 0.3) is 0 Å². The highest BCUT2D eigenvalue weighted by atomic mass is 16.6. The van der Waals surface area contributed by atoms with Gasteiger partial charge in [-0.15, -0.1) is 0 Å². The molecule has 1 aliphatic rings. The molecule has 1 aliphatic heterocycles. The fraction of sp³-hybridized carbons (Fsp3) is 0.583. The average Bonchev–Trinajstić information content (AvgIpc) is 2.38. The first-order valence-electron chi connectivity index (χ1n) is 6.18. The van der Waals surface area contributed by atoms with Crippen molar-refractivity contribution < 1.29 is 4.92 Å². The molecule has 2 heterocycles. The van der Waals surface area contributed by atoms with Crippen molar-refractivity contribution in [2.75, 3.05) is 24.5 Å². The minimum absolute atomic E-state index is 0.0904. The average molecular weight is 250 g/mol. The van der Waals surface area contributed by atoms with Crippen molar-refractivity contribution in [1.82, 2.24) is 4.98 Å². The van der Waals surface area contributed by atoms with E-state index in [1.807, 2.05) is 11.8 Å². The Hall–Kier alpha value is -1.69. The molecule has 6 heteroatoms. The summed E-state index contributed by atoms with van der Waals surface area (Å²) >= 11 is 0. The number of piperidine rings is 1. The summed E-state index contributed by atoms with van der Waals surface area (Å²) in [5.41, 5.74) is 6.58. The maximum absolute atomic E-state index is 11.1. The molecule has 0 aromatic carbocycles. The van der Waals surface area contributed by atoms with Crippen LogP contribution in [0, 0.1) is 23.0 Å². The second kappa shape index (κ2) is 5.30. The van der Waals surface area contributed by atoms with E-state index in [0.717, 1.165) is 31.5 Å². The van der Waals surface area contributed by atoms with Crippen LogP contribution < -0.4 is 10.6 Å². The van der Waals surface area contributed by atoms with E-state index in [1.54, 1.807) is 12.3 Å². The molecule has 0 spiro atoms. The Balaban J connectivity index is 2.29. The third-order valence-electron chi connectivity index (χ3n) is 3.33. The monoisotopic (exact) mass is 250 g/mol. The second-order valence-corrected chi connectivity index (χ2v) is 4.80. The van der Waals surface area contributed by atoms with E-state index in [4.69, 9.17) is 5.73 Å². The number of pyridine rings is 1. The summed E-state index contributed by atoms with van der Waals surface area (Å²) in [5.74, 6) is 0.880. The van der Waals surface area contributed by atoms with E-state index in [1.165, 1.54) is 0 Å². The molecule has 1 atom stereocenters. The summed E-state index contributed by atoms with van der Waals surface area (Å²) < 4.78 is 0. The molecular weight excluding hydrogens is 232 g/mol. The van der Waals surface area contributed by atoms with Crippen molar-refractivity contribution >= 4 is 11.5 Å². The summed E-state index contributed by atoms with van der Waals surface area (Å²) in [6.45, 7) is 4.00. The normalized spacial score (nSPS) is 19.9. The Bertz CT molecular complexity index is 450. The van der Waals surface area contributed by atoms with Gasteiger partial charge in [0.2, 0.25) is 5.82 Å². The minimum atomic E-state index is -0.360. The topological polar surface area (TPSA) is 85.3 Å². The molecule has 2 rings (SSSR count). The highest BCUT2D eigenvalue weighted by Gasteiger charge is 2.26. The highest BCUT2D eigenvalue weighted by Crippen LogP contribution is 2.29.